The molecule has 182 valence electrons. The summed E-state index contributed by atoms with van der Waals surface area (Å²) in [4.78, 5) is 33.9. The number of carboxylic acid groups (broad SMARTS) is 1. The largest absolute Gasteiger partial charge is 0.465 e. The maximum Gasteiger partial charge on any atom is 0.407 e. The van der Waals surface area contributed by atoms with Gasteiger partial charge in [-0.25, -0.2) is 4.79 Å². The van der Waals surface area contributed by atoms with Crippen molar-refractivity contribution in [2.75, 3.05) is 26.2 Å². The van der Waals surface area contributed by atoms with E-state index in [2.05, 4.69) is 24.0 Å². The molecule has 0 aliphatic carbocycles. The number of hydrogen-bond donors (Lipinski definition) is 1. The second-order valence-corrected chi connectivity index (χ2v) is 10.4. The van der Waals surface area contributed by atoms with Crippen molar-refractivity contribution >= 4 is 40.6 Å². The Bertz CT molecular complexity index is 1340. The molecule has 1 aromatic carbocycles. The maximum absolute atomic E-state index is 13.3. The molecule has 0 saturated carbocycles. The van der Waals surface area contributed by atoms with Gasteiger partial charge in [0.15, 0.2) is 5.82 Å². The molecule has 9 nitrogen and oxygen atoms in total. The lowest BCUT2D eigenvalue weighted by Gasteiger charge is -2.33. The third-order valence-corrected chi connectivity index (χ3v) is 8.07. The second-order valence-electron chi connectivity index (χ2n) is 8.76. The number of aromatic nitrogens is 3. The van der Waals surface area contributed by atoms with E-state index in [0.29, 0.717) is 37.0 Å². The summed E-state index contributed by atoms with van der Waals surface area (Å²) in [5, 5.41) is 19.6. The van der Waals surface area contributed by atoms with Gasteiger partial charge >= 0.3 is 6.09 Å². The first kappa shape index (κ1) is 23.5. The standard InChI is InChI=1S/C24H25ClN6O3S/c1-13-14(2)35-23-20(13)21(16-4-6-17(25)7-5-16)26-18(22-28-27-15(3)31(22)23)12-19(32)29-8-10-30(11-9-29)24(33)34/h4-7,18H,8-12H2,1-3H3,(H,33,34)/t18-/m0/s1. The molecule has 11 heteroatoms. The molecule has 1 fully saturated rings. The summed E-state index contributed by atoms with van der Waals surface area (Å²) in [6.07, 6.45) is -0.839. The zero-order chi connectivity index (χ0) is 24.9. The molecule has 5 rings (SSSR count). The van der Waals surface area contributed by atoms with Gasteiger partial charge in [0.25, 0.3) is 0 Å². The number of hydrogen-bond acceptors (Lipinski definition) is 6. The van der Waals surface area contributed by atoms with Gasteiger partial charge in [-0.1, -0.05) is 23.7 Å². The molecule has 0 bridgehead atoms. The lowest BCUT2D eigenvalue weighted by molar-refractivity contribution is -0.133. The van der Waals surface area contributed by atoms with E-state index in [-0.39, 0.29) is 12.3 Å². The molecule has 2 aliphatic rings. The predicted octanol–water partition coefficient (Wildman–Crippen LogP) is 4.01. The van der Waals surface area contributed by atoms with Crippen LogP contribution in [0, 0.1) is 20.8 Å². The Balaban J connectivity index is 1.56. The van der Waals surface area contributed by atoms with Gasteiger partial charge in [-0.3, -0.25) is 14.4 Å². The van der Waals surface area contributed by atoms with E-state index in [9.17, 15) is 14.7 Å². The third-order valence-electron chi connectivity index (χ3n) is 6.63. The minimum Gasteiger partial charge on any atom is -0.465 e. The first-order valence-electron chi connectivity index (χ1n) is 11.4. The first-order chi connectivity index (χ1) is 16.7. The molecule has 0 radical (unpaired) electrons. The molecule has 1 saturated heterocycles. The van der Waals surface area contributed by atoms with Gasteiger partial charge in [-0.15, -0.1) is 21.5 Å². The van der Waals surface area contributed by atoms with E-state index in [4.69, 9.17) is 16.6 Å². The van der Waals surface area contributed by atoms with Crippen molar-refractivity contribution in [1.82, 2.24) is 24.6 Å². The summed E-state index contributed by atoms with van der Waals surface area (Å²) in [6.45, 7) is 7.41. The van der Waals surface area contributed by atoms with Gasteiger partial charge in [0.05, 0.1) is 12.1 Å². The zero-order valence-corrected chi connectivity index (χ0v) is 21.2. The van der Waals surface area contributed by atoms with Crippen LogP contribution < -0.4 is 0 Å². The Morgan fingerprint density at radius 1 is 1.06 bits per heavy atom. The molecule has 0 unspecified atom stereocenters. The van der Waals surface area contributed by atoms with Gasteiger partial charge in [-0.2, -0.15) is 0 Å². The highest BCUT2D eigenvalue weighted by atomic mass is 35.5. The van der Waals surface area contributed by atoms with Crippen LogP contribution in [0.2, 0.25) is 5.02 Å². The third kappa shape index (κ3) is 4.21. The molecule has 35 heavy (non-hydrogen) atoms. The van der Waals surface area contributed by atoms with Gasteiger partial charge in [0, 0.05) is 47.2 Å². The van der Waals surface area contributed by atoms with Crippen LogP contribution >= 0.6 is 22.9 Å². The normalized spacial score (nSPS) is 17.5. The van der Waals surface area contributed by atoms with E-state index < -0.39 is 12.1 Å². The quantitative estimate of drug-likeness (QED) is 0.571. The van der Waals surface area contributed by atoms with Gasteiger partial charge in [-0.05, 0) is 38.5 Å². The van der Waals surface area contributed by atoms with Crippen molar-refractivity contribution in [3.63, 3.8) is 0 Å². The fourth-order valence-corrected chi connectivity index (χ4v) is 5.91. The van der Waals surface area contributed by atoms with Crippen LogP contribution in [0.15, 0.2) is 29.3 Å². The number of carbonyl (C=O) groups is 2. The maximum atomic E-state index is 13.3. The Kier molecular flexibility index (Phi) is 6.10. The highest BCUT2D eigenvalue weighted by molar-refractivity contribution is 7.15. The Morgan fingerprint density at radius 2 is 1.71 bits per heavy atom. The Morgan fingerprint density at radius 3 is 2.37 bits per heavy atom. The summed E-state index contributed by atoms with van der Waals surface area (Å²) in [6, 6.07) is 7.03. The van der Waals surface area contributed by atoms with Gasteiger partial charge < -0.3 is 14.9 Å². The predicted molar refractivity (Wildman–Crippen MR) is 134 cm³/mol. The molecule has 1 N–H and O–H groups in total. The topological polar surface area (TPSA) is 104 Å². The Hall–Kier alpha value is -3.24. The summed E-state index contributed by atoms with van der Waals surface area (Å²) in [5.41, 5.74) is 3.87. The number of nitrogens with zero attached hydrogens (tertiary/aromatic N) is 6. The van der Waals surface area contributed by atoms with Crippen LogP contribution in [0.25, 0.3) is 5.00 Å². The van der Waals surface area contributed by atoms with E-state index >= 15 is 0 Å². The second kappa shape index (κ2) is 9.09. The van der Waals surface area contributed by atoms with Crippen LogP contribution in [-0.2, 0) is 4.79 Å². The van der Waals surface area contributed by atoms with Crippen molar-refractivity contribution in [1.29, 1.82) is 0 Å². The summed E-state index contributed by atoms with van der Waals surface area (Å²) < 4.78 is 2.02. The number of halogens is 1. The first-order valence-corrected chi connectivity index (χ1v) is 12.6. The monoisotopic (exact) mass is 512 g/mol. The number of carbonyl (C=O) groups excluding carboxylic acids is 1. The van der Waals surface area contributed by atoms with Crippen LogP contribution in [0.1, 0.15) is 45.7 Å². The molecular formula is C24H25ClN6O3S. The van der Waals surface area contributed by atoms with Crippen molar-refractivity contribution in [3.05, 3.63) is 62.5 Å². The molecular weight excluding hydrogens is 488 g/mol. The number of benzene rings is 1. The van der Waals surface area contributed by atoms with Crippen molar-refractivity contribution < 1.29 is 14.7 Å². The molecule has 0 spiro atoms. The SMILES string of the molecule is Cc1sc2c(c1C)C(c1ccc(Cl)cc1)=N[C@@H](CC(=O)N1CCN(C(=O)O)CC1)c1nnc(C)n1-2. The molecule has 1 atom stereocenters. The number of aryl methyl sites for hydroxylation is 2. The number of piperazine rings is 1. The average Bonchev–Trinajstić information content (AvgIpc) is 3.31. The number of amides is 2. The molecule has 2 amide bonds. The highest BCUT2D eigenvalue weighted by Crippen LogP contribution is 2.39. The Labute approximate surface area is 211 Å². The van der Waals surface area contributed by atoms with E-state index in [1.54, 1.807) is 16.2 Å². The summed E-state index contributed by atoms with van der Waals surface area (Å²) in [7, 11) is 0. The van der Waals surface area contributed by atoms with Crippen molar-refractivity contribution in [3.8, 4) is 5.00 Å². The zero-order valence-electron chi connectivity index (χ0n) is 19.7. The average molecular weight is 513 g/mol. The number of fused-ring (bicyclic) bond motifs is 3. The van der Waals surface area contributed by atoms with Crippen LogP contribution in [-0.4, -0.2) is 73.6 Å². The van der Waals surface area contributed by atoms with Crippen molar-refractivity contribution in [2.45, 2.75) is 33.2 Å². The fraction of sp³-hybridized carbons (Fsp3) is 0.375. The minimum atomic E-state index is -0.960. The lowest BCUT2D eigenvalue weighted by Crippen LogP contribution is -2.50. The van der Waals surface area contributed by atoms with Crippen LogP contribution in [0.4, 0.5) is 4.79 Å². The van der Waals surface area contributed by atoms with Gasteiger partial charge in [0.2, 0.25) is 5.91 Å². The van der Waals surface area contributed by atoms with E-state index in [1.807, 2.05) is 35.8 Å². The molecule has 2 aliphatic heterocycles. The molecule has 3 aromatic rings. The highest BCUT2D eigenvalue weighted by Gasteiger charge is 2.34. The van der Waals surface area contributed by atoms with Gasteiger partial charge in [0.1, 0.15) is 16.9 Å². The minimum absolute atomic E-state index is 0.0791. The number of aliphatic imine (C=N–C) groups is 1. The fourth-order valence-electron chi connectivity index (χ4n) is 4.57. The number of rotatable bonds is 3. The number of thiophene rings is 1. The molecule has 4 heterocycles. The summed E-state index contributed by atoms with van der Waals surface area (Å²) in [5.74, 6) is 1.29. The lowest BCUT2D eigenvalue weighted by atomic mass is 9.99. The molecule has 2 aromatic heterocycles. The smallest absolute Gasteiger partial charge is 0.407 e. The van der Waals surface area contributed by atoms with Crippen LogP contribution in [0.5, 0.6) is 0 Å². The van der Waals surface area contributed by atoms with E-state index in [0.717, 1.165) is 33.2 Å². The van der Waals surface area contributed by atoms with E-state index in [1.165, 1.54) is 9.78 Å². The van der Waals surface area contributed by atoms with Crippen LogP contribution in [0.3, 0.4) is 0 Å². The summed E-state index contributed by atoms with van der Waals surface area (Å²) >= 11 is 7.82. The van der Waals surface area contributed by atoms with Crippen molar-refractivity contribution in [2.24, 2.45) is 4.99 Å².